The van der Waals surface area contributed by atoms with Crippen LogP contribution in [0.3, 0.4) is 0 Å². The van der Waals surface area contributed by atoms with E-state index in [1.807, 2.05) is 12.1 Å². The van der Waals surface area contributed by atoms with Gasteiger partial charge < -0.3 is 37.2 Å². The lowest BCUT2D eigenvalue weighted by molar-refractivity contribution is -0.145. The van der Waals surface area contributed by atoms with Gasteiger partial charge in [-0.15, -0.1) is 0 Å². The van der Waals surface area contributed by atoms with Crippen molar-refractivity contribution in [2.45, 2.75) is 82.5 Å². The van der Waals surface area contributed by atoms with E-state index in [9.17, 15) is 24.3 Å². The minimum absolute atomic E-state index is 0.0777. The number of carboxylic acids is 2. The van der Waals surface area contributed by atoms with Gasteiger partial charge >= 0.3 is 5.97 Å². The average Bonchev–Trinajstić information content (AvgIpc) is 3.29. The summed E-state index contributed by atoms with van der Waals surface area (Å²) in [6.45, 7) is 1.34. The number of carbonyl (C=O) groups is 5. The summed E-state index contributed by atoms with van der Waals surface area (Å²) in [5.41, 5.74) is 12.0. The first-order chi connectivity index (χ1) is 19.0. The summed E-state index contributed by atoms with van der Waals surface area (Å²) in [4.78, 5) is 66.1. The number of hydrogen-bond donors (Lipinski definition) is 6. The first-order valence-corrected chi connectivity index (χ1v) is 13.5. The third kappa shape index (κ3) is 7.70. The van der Waals surface area contributed by atoms with Crippen LogP contribution in [-0.2, 0) is 25.6 Å². The molecule has 1 saturated carbocycles. The summed E-state index contributed by atoms with van der Waals surface area (Å²) in [6.07, 6.45) is 5.07. The molecule has 1 saturated heterocycles. The topological polar surface area (TPSA) is 218 Å². The highest BCUT2D eigenvalue weighted by Gasteiger charge is 2.49. The first kappa shape index (κ1) is 30.4. The molecule has 40 heavy (non-hydrogen) atoms. The highest BCUT2D eigenvalue weighted by atomic mass is 16.4. The minimum Gasteiger partial charge on any atom is -0.481 e. The molecule has 0 unspecified atom stereocenters. The molecule has 8 N–H and O–H groups in total. The average molecular weight is 559 g/mol. The lowest BCUT2D eigenvalue weighted by Gasteiger charge is -2.37. The van der Waals surface area contributed by atoms with Crippen molar-refractivity contribution in [2.75, 3.05) is 6.54 Å². The Morgan fingerprint density at radius 2 is 1.82 bits per heavy atom. The van der Waals surface area contributed by atoms with Gasteiger partial charge in [0.05, 0.1) is 0 Å². The second-order valence-corrected chi connectivity index (χ2v) is 10.4. The molecule has 3 amide bonds. The Bertz CT molecular complexity index is 1150. The van der Waals surface area contributed by atoms with Gasteiger partial charge in [0.15, 0.2) is 5.96 Å². The van der Waals surface area contributed by atoms with Crippen molar-refractivity contribution in [2.24, 2.45) is 22.4 Å². The van der Waals surface area contributed by atoms with Crippen molar-refractivity contribution in [3.05, 3.63) is 35.4 Å². The van der Waals surface area contributed by atoms with Crippen LogP contribution in [0.1, 0.15) is 67.8 Å². The monoisotopic (exact) mass is 558 g/mol. The maximum absolute atomic E-state index is 13.8. The van der Waals surface area contributed by atoms with Crippen LogP contribution in [-0.4, -0.2) is 81.4 Å². The Morgan fingerprint density at radius 3 is 2.50 bits per heavy atom. The summed E-state index contributed by atoms with van der Waals surface area (Å²) in [5.74, 6) is -2.96. The number of fused-ring (bicyclic) bond motifs is 2. The van der Waals surface area contributed by atoms with Gasteiger partial charge in [-0.2, -0.15) is 0 Å². The SMILES string of the molecule is CC(=O)O.NC(N)=NCCC[C@H](NC(=O)[C@@H]1C[C@@H]2CCCC[C@@H]2N1C(=O)[C@H]1Cc2ccccc2C(=O)N1)C(=O)O. The molecular weight excluding hydrogens is 520 g/mol. The third-order valence-corrected chi connectivity index (χ3v) is 7.49. The number of guanidine groups is 1. The number of carboxylic acid groups (broad SMARTS) is 2. The van der Waals surface area contributed by atoms with Gasteiger partial charge in [0.25, 0.3) is 11.9 Å². The fourth-order valence-electron chi connectivity index (χ4n) is 5.80. The lowest BCUT2D eigenvalue weighted by atomic mass is 9.84. The number of rotatable bonds is 8. The number of hydrogen-bond acceptors (Lipinski definition) is 6. The van der Waals surface area contributed by atoms with Crippen LogP contribution in [0.15, 0.2) is 29.3 Å². The summed E-state index contributed by atoms with van der Waals surface area (Å²) < 4.78 is 0. The molecule has 1 aromatic carbocycles. The molecule has 4 rings (SSSR count). The van der Waals surface area contributed by atoms with Crippen molar-refractivity contribution in [1.82, 2.24) is 15.5 Å². The first-order valence-electron chi connectivity index (χ1n) is 13.5. The molecule has 0 bridgehead atoms. The van der Waals surface area contributed by atoms with E-state index in [0.717, 1.165) is 38.2 Å². The van der Waals surface area contributed by atoms with Gasteiger partial charge in [-0.1, -0.05) is 31.0 Å². The fourth-order valence-corrected chi connectivity index (χ4v) is 5.80. The minimum atomic E-state index is -1.16. The molecule has 0 radical (unpaired) electrons. The van der Waals surface area contributed by atoms with E-state index in [1.165, 1.54) is 0 Å². The number of nitrogens with zero attached hydrogens (tertiary/aromatic N) is 2. The van der Waals surface area contributed by atoms with Crippen molar-refractivity contribution in [3.8, 4) is 0 Å². The quantitative estimate of drug-likeness (QED) is 0.146. The zero-order valence-electron chi connectivity index (χ0n) is 22.5. The van der Waals surface area contributed by atoms with Crippen LogP contribution in [0.2, 0.25) is 0 Å². The van der Waals surface area contributed by atoms with Crippen molar-refractivity contribution < 1.29 is 34.2 Å². The number of nitrogens with one attached hydrogen (secondary N) is 2. The Morgan fingerprint density at radius 1 is 1.15 bits per heavy atom. The molecule has 13 nitrogen and oxygen atoms in total. The fraction of sp³-hybridized carbons (Fsp3) is 0.556. The van der Waals surface area contributed by atoms with Gasteiger partial charge in [-0.3, -0.25) is 24.2 Å². The van der Waals surface area contributed by atoms with Crippen molar-refractivity contribution in [1.29, 1.82) is 0 Å². The van der Waals surface area contributed by atoms with Crippen LogP contribution in [0.25, 0.3) is 0 Å². The van der Waals surface area contributed by atoms with Crippen LogP contribution < -0.4 is 22.1 Å². The summed E-state index contributed by atoms with van der Waals surface area (Å²) >= 11 is 0. The molecule has 5 atom stereocenters. The largest absolute Gasteiger partial charge is 0.481 e. The lowest BCUT2D eigenvalue weighted by Crippen LogP contribution is -2.59. The molecule has 0 aromatic heterocycles. The Labute approximate surface area is 232 Å². The van der Waals surface area contributed by atoms with Crippen LogP contribution in [0.5, 0.6) is 0 Å². The van der Waals surface area contributed by atoms with Crippen LogP contribution in [0, 0.1) is 5.92 Å². The predicted molar refractivity (Wildman–Crippen MR) is 145 cm³/mol. The maximum atomic E-state index is 13.8. The number of benzene rings is 1. The number of likely N-dealkylation sites (tertiary alicyclic amines) is 1. The summed E-state index contributed by atoms with van der Waals surface area (Å²) in [7, 11) is 0. The van der Waals surface area contributed by atoms with Gasteiger partial charge in [0.1, 0.15) is 18.1 Å². The van der Waals surface area contributed by atoms with Crippen LogP contribution >= 0.6 is 0 Å². The van der Waals surface area contributed by atoms with Crippen molar-refractivity contribution >= 4 is 35.6 Å². The summed E-state index contributed by atoms with van der Waals surface area (Å²) in [6, 6.07) is 4.43. The molecule has 3 aliphatic rings. The zero-order chi connectivity index (χ0) is 29.4. The Kier molecular flexibility index (Phi) is 10.5. The maximum Gasteiger partial charge on any atom is 0.326 e. The second kappa shape index (κ2) is 13.8. The number of aliphatic imine (C=N–C) groups is 1. The number of amides is 3. The van der Waals surface area contributed by atoms with Crippen molar-refractivity contribution in [3.63, 3.8) is 0 Å². The molecule has 2 heterocycles. The van der Waals surface area contributed by atoms with Crippen LogP contribution in [0.4, 0.5) is 0 Å². The number of aliphatic carboxylic acids is 2. The van der Waals surface area contributed by atoms with E-state index >= 15 is 0 Å². The predicted octanol–water partition coefficient (Wildman–Crippen LogP) is 0.215. The molecule has 13 heteroatoms. The van der Waals surface area contributed by atoms with E-state index in [2.05, 4.69) is 15.6 Å². The van der Waals surface area contributed by atoms with Gasteiger partial charge in [-0.25, -0.2) is 4.79 Å². The van der Waals surface area contributed by atoms with E-state index in [0.29, 0.717) is 24.8 Å². The van der Waals surface area contributed by atoms with Gasteiger partial charge in [0, 0.05) is 31.5 Å². The molecule has 0 spiro atoms. The molecule has 1 aromatic rings. The third-order valence-electron chi connectivity index (χ3n) is 7.49. The van der Waals surface area contributed by atoms with E-state index in [4.69, 9.17) is 21.4 Å². The van der Waals surface area contributed by atoms with E-state index in [-0.39, 0.29) is 42.7 Å². The zero-order valence-corrected chi connectivity index (χ0v) is 22.5. The highest BCUT2D eigenvalue weighted by molar-refractivity contribution is 6.01. The normalized spacial score (nSPS) is 23.7. The molecule has 1 aliphatic carbocycles. The van der Waals surface area contributed by atoms with Gasteiger partial charge in [-0.05, 0) is 49.7 Å². The molecule has 218 valence electrons. The second-order valence-electron chi connectivity index (χ2n) is 10.4. The van der Waals surface area contributed by atoms with E-state index < -0.39 is 36.0 Å². The number of nitrogens with two attached hydrogens (primary N) is 2. The number of carbonyl (C=O) groups excluding carboxylic acids is 3. The molecule has 2 aliphatic heterocycles. The Hall–Kier alpha value is -4.16. The molecular formula is C27H38N6O7. The van der Waals surface area contributed by atoms with E-state index in [1.54, 1.807) is 17.0 Å². The Balaban J connectivity index is 0.00000103. The standard InChI is InChI=1S/C25H34N6O5.C2H4O2/c26-25(27)28-11-5-9-17(24(35)36)29-22(33)20-13-15-7-2-4-10-19(15)31(20)23(34)18-12-14-6-1-3-8-16(14)21(32)30-18;1-2(3)4/h1,3,6,8,15,17-20H,2,4-5,7,9-13H2,(H,29,33)(H,30,32)(H,35,36)(H4,26,27,28);1H3,(H,3,4)/t15-,17-,18+,19-,20-;/m0./s1. The highest BCUT2D eigenvalue weighted by Crippen LogP contribution is 2.40. The smallest absolute Gasteiger partial charge is 0.326 e. The molecule has 2 fully saturated rings. The van der Waals surface area contributed by atoms with Gasteiger partial charge in [0.2, 0.25) is 11.8 Å². The summed E-state index contributed by atoms with van der Waals surface area (Å²) in [5, 5.41) is 22.5.